The van der Waals surface area contributed by atoms with Gasteiger partial charge in [-0.25, -0.2) is 28.1 Å². The molecule has 0 aliphatic heterocycles. The Kier molecular flexibility index (Phi) is 4.37. The van der Waals surface area contributed by atoms with E-state index in [1.54, 1.807) is 11.0 Å². The normalized spacial score (nSPS) is 11.7. The number of aromatic nitrogens is 6. The van der Waals surface area contributed by atoms with Crippen molar-refractivity contribution in [1.29, 1.82) is 0 Å². The number of halogens is 2. The zero-order chi connectivity index (χ0) is 16.1. The topological polar surface area (TPSA) is 70.7 Å². The molecule has 0 bridgehead atoms. The van der Waals surface area contributed by atoms with Gasteiger partial charge in [0.05, 0.1) is 18.3 Å². The van der Waals surface area contributed by atoms with Crippen LogP contribution in [0.5, 0.6) is 0 Å². The summed E-state index contributed by atoms with van der Waals surface area (Å²) in [6.45, 7) is 0.651. The maximum Gasteiger partial charge on any atom is 0.147 e. The van der Waals surface area contributed by atoms with Crippen molar-refractivity contribution in [2.24, 2.45) is 0 Å². The SMILES string of the molecule is Fc1ccc(/C(=C\n2cncn2)OCCn2cncn2)c(F)c1. The van der Waals surface area contributed by atoms with Crippen LogP contribution in [0.3, 0.4) is 0 Å². The fourth-order valence-electron chi connectivity index (χ4n) is 1.88. The second-order valence-electron chi connectivity index (χ2n) is 4.50. The lowest BCUT2D eigenvalue weighted by atomic mass is 10.2. The summed E-state index contributed by atoms with van der Waals surface area (Å²) in [4.78, 5) is 7.62. The van der Waals surface area contributed by atoms with Gasteiger partial charge in [-0.1, -0.05) is 0 Å². The van der Waals surface area contributed by atoms with Gasteiger partial charge in [-0.2, -0.15) is 10.2 Å². The molecule has 7 nitrogen and oxygen atoms in total. The molecule has 1 aromatic carbocycles. The van der Waals surface area contributed by atoms with Crippen LogP contribution in [0.15, 0.2) is 43.5 Å². The first-order valence-electron chi connectivity index (χ1n) is 6.69. The maximum atomic E-state index is 14.0. The molecule has 0 aliphatic rings. The molecule has 9 heteroatoms. The van der Waals surface area contributed by atoms with Gasteiger partial charge < -0.3 is 4.74 Å². The molecule has 0 fully saturated rings. The van der Waals surface area contributed by atoms with Crippen LogP contribution >= 0.6 is 0 Å². The van der Waals surface area contributed by atoms with E-state index in [-0.39, 0.29) is 17.9 Å². The Morgan fingerprint density at radius 1 is 1.13 bits per heavy atom. The molecule has 3 rings (SSSR count). The predicted octanol–water partition coefficient (Wildman–Crippen LogP) is 1.82. The minimum atomic E-state index is -0.725. The Labute approximate surface area is 129 Å². The zero-order valence-electron chi connectivity index (χ0n) is 11.9. The van der Waals surface area contributed by atoms with E-state index in [0.717, 1.165) is 12.1 Å². The van der Waals surface area contributed by atoms with Crippen molar-refractivity contribution in [2.45, 2.75) is 6.54 Å². The minimum Gasteiger partial charge on any atom is -0.489 e. The Morgan fingerprint density at radius 2 is 1.96 bits per heavy atom. The van der Waals surface area contributed by atoms with Gasteiger partial charge in [0.15, 0.2) is 0 Å². The summed E-state index contributed by atoms with van der Waals surface area (Å²) in [5, 5.41) is 7.86. The third-order valence-corrected chi connectivity index (χ3v) is 2.93. The summed E-state index contributed by atoms with van der Waals surface area (Å²) in [7, 11) is 0. The standard InChI is InChI=1S/C14H12F2N6O/c15-11-1-2-12(13(16)5-11)14(6-22-10-18-8-20-22)23-4-3-21-9-17-7-19-21/h1-2,5-10H,3-4H2/b14-6+. The summed E-state index contributed by atoms with van der Waals surface area (Å²) in [5.74, 6) is -1.18. The van der Waals surface area contributed by atoms with Crippen LogP contribution in [-0.2, 0) is 11.3 Å². The highest BCUT2D eigenvalue weighted by molar-refractivity contribution is 5.70. The third kappa shape index (κ3) is 3.76. The molecule has 0 amide bonds. The van der Waals surface area contributed by atoms with Crippen molar-refractivity contribution >= 4 is 12.0 Å². The van der Waals surface area contributed by atoms with Crippen LogP contribution in [0, 0.1) is 11.6 Å². The van der Waals surface area contributed by atoms with Gasteiger partial charge in [-0.05, 0) is 12.1 Å². The summed E-state index contributed by atoms with van der Waals surface area (Å²) >= 11 is 0. The van der Waals surface area contributed by atoms with E-state index in [2.05, 4.69) is 20.2 Å². The average molecular weight is 318 g/mol. The van der Waals surface area contributed by atoms with Crippen LogP contribution in [0.2, 0.25) is 0 Å². The Hall–Kier alpha value is -3.10. The van der Waals surface area contributed by atoms with Crippen LogP contribution < -0.4 is 0 Å². The number of hydrogen-bond donors (Lipinski definition) is 0. The maximum absolute atomic E-state index is 14.0. The first kappa shape index (κ1) is 14.8. The van der Waals surface area contributed by atoms with Crippen molar-refractivity contribution in [3.05, 3.63) is 60.7 Å². The molecule has 118 valence electrons. The van der Waals surface area contributed by atoms with E-state index in [1.807, 2.05) is 0 Å². The molecular weight excluding hydrogens is 306 g/mol. The molecule has 0 aliphatic carbocycles. The second kappa shape index (κ2) is 6.77. The quantitative estimate of drug-likeness (QED) is 0.648. The molecule has 0 N–H and O–H groups in total. The summed E-state index contributed by atoms with van der Waals surface area (Å²) in [5.41, 5.74) is 0.125. The molecule has 0 saturated carbocycles. The lowest BCUT2D eigenvalue weighted by Gasteiger charge is -2.11. The smallest absolute Gasteiger partial charge is 0.147 e. The number of ether oxygens (including phenoxy) is 1. The minimum absolute atomic E-state index is 0.125. The van der Waals surface area contributed by atoms with Gasteiger partial charge in [0.25, 0.3) is 0 Å². The van der Waals surface area contributed by atoms with Crippen molar-refractivity contribution in [1.82, 2.24) is 29.5 Å². The molecule has 0 saturated heterocycles. The molecule has 0 radical (unpaired) electrons. The molecule has 0 unspecified atom stereocenters. The van der Waals surface area contributed by atoms with Crippen molar-refractivity contribution in [2.75, 3.05) is 6.61 Å². The van der Waals surface area contributed by atoms with E-state index < -0.39 is 11.6 Å². The first-order valence-corrected chi connectivity index (χ1v) is 6.69. The molecule has 23 heavy (non-hydrogen) atoms. The van der Waals surface area contributed by atoms with Gasteiger partial charge in [-0.15, -0.1) is 0 Å². The van der Waals surface area contributed by atoms with Gasteiger partial charge in [-0.3, -0.25) is 0 Å². The first-order chi connectivity index (χ1) is 11.2. The number of benzene rings is 1. The van der Waals surface area contributed by atoms with Crippen molar-refractivity contribution < 1.29 is 13.5 Å². The summed E-state index contributed by atoms with van der Waals surface area (Å²) < 4.78 is 35.6. The highest BCUT2D eigenvalue weighted by Gasteiger charge is 2.11. The highest BCUT2D eigenvalue weighted by Crippen LogP contribution is 2.21. The number of rotatable bonds is 6. The van der Waals surface area contributed by atoms with Crippen molar-refractivity contribution in [3.8, 4) is 0 Å². The summed E-state index contributed by atoms with van der Waals surface area (Å²) in [6.07, 6.45) is 7.19. The Bertz CT molecular complexity index is 786. The number of hydrogen-bond acceptors (Lipinski definition) is 5. The lowest BCUT2D eigenvalue weighted by Crippen LogP contribution is -2.07. The molecule has 2 aromatic heterocycles. The van der Waals surface area contributed by atoms with E-state index in [1.165, 1.54) is 35.9 Å². The van der Waals surface area contributed by atoms with Crippen LogP contribution in [-0.4, -0.2) is 36.1 Å². The summed E-state index contributed by atoms with van der Waals surface area (Å²) in [6, 6.07) is 3.27. The number of nitrogens with zero attached hydrogens (tertiary/aromatic N) is 6. The largest absolute Gasteiger partial charge is 0.489 e. The monoisotopic (exact) mass is 318 g/mol. The second-order valence-corrected chi connectivity index (χ2v) is 4.50. The third-order valence-electron chi connectivity index (χ3n) is 2.93. The molecule has 2 heterocycles. The molecule has 3 aromatic rings. The van der Waals surface area contributed by atoms with Gasteiger partial charge in [0, 0.05) is 6.07 Å². The molecule has 0 atom stereocenters. The fraction of sp³-hybridized carbons (Fsp3) is 0.143. The van der Waals surface area contributed by atoms with E-state index in [0.29, 0.717) is 6.54 Å². The van der Waals surface area contributed by atoms with E-state index in [4.69, 9.17) is 4.74 Å². The van der Waals surface area contributed by atoms with Crippen molar-refractivity contribution in [3.63, 3.8) is 0 Å². The van der Waals surface area contributed by atoms with Crippen LogP contribution in [0.4, 0.5) is 8.78 Å². The highest BCUT2D eigenvalue weighted by atomic mass is 19.1. The zero-order valence-corrected chi connectivity index (χ0v) is 11.9. The van der Waals surface area contributed by atoms with Crippen LogP contribution in [0.1, 0.15) is 5.56 Å². The van der Waals surface area contributed by atoms with Gasteiger partial charge in [0.1, 0.15) is 49.3 Å². The van der Waals surface area contributed by atoms with Gasteiger partial charge >= 0.3 is 0 Å². The van der Waals surface area contributed by atoms with Gasteiger partial charge in [0.2, 0.25) is 0 Å². The predicted molar refractivity (Wildman–Crippen MR) is 76.5 cm³/mol. The average Bonchev–Trinajstić information content (AvgIpc) is 3.20. The molecule has 0 spiro atoms. The fourth-order valence-corrected chi connectivity index (χ4v) is 1.88. The lowest BCUT2D eigenvalue weighted by molar-refractivity contribution is 0.254. The molecular formula is C14H12F2N6O. The van der Waals surface area contributed by atoms with E-state index in [9.17, 15) is 8.78 Å². The van der Waals surface area contributed by atoms with E-state index >= 15 is 0 Å². The Morgan fingerprint density at radius 3 is 2.65 bits per heavy atom. The van der Waals surface area contributed by atoms with Crippen LogP contribution in [0.25, 0.3) is 12.0 Å². The Balaban J connectivity index is 1.81.